The van der Waals surface area contributed by atoms with Crippen LogP contribution >= 0.6 is 11.3 Å². The number of fused-ring (bicyclic) bond motifs is 1. The Bertz CT molecular complexity index is 834. The van der Waals surface area contributed by atoms with Gasteiger partial charge in [-0.05, 0) is 47.1 Å². The molecule has 9 nitrogen and oxygen atoms in total. The summed E-state index contributed by atoms with van der Waals surface area (Å²) in [5.41, 5.74) is 0.354. The Balaban J connectivity index is 1.71. The fourth-order valence-corrected chi connectivity index (χ4v) is 5.08. The molecule has 0 aromatic carbocycles. The van der Waals surface area contributed by atoms with Crippen molar-refractivity contribution < 1.29 is 23.9 Å². The van der Waals surface area contributed by atoms with E-state index < -0.39 is 17.7 Å². The first-order valence-electron chi connectivity index (χ1n) is 10.6. The minimum Gasteiger partial charge on any atom is -0.469 e. The highest BCUT2D eigenvalue weighted by molar-refractivity contribution is 7.13. The van der Waals surface area contributed by atoms with Crippen LogP contribution in [0, 0.1) is 5.92 Å². The van der Waals surface area contributed by atoms with Crippen molar-refractivity contribution in [2.75, 3.05) is 20.7 Å². The van der Waals surface area contributed by atoms with Crippen LogP contribution in [0.25, 0.3) is 0 Å². The van der Waals surface area contributed by atoms with Crippen LogP contribution in [0.1, 0.15) is 60.4 Å². The second kappa shape index (κ2) is 9.52. The van der Waals surface area contributed by atoms with Gasteiger partial charge in [-0.2, -0.15) is 0 Å². The van der Waals surface area contributed by atoms with Crippen molar-refractivity contribution in [2.24, 2.45) is 5.92 Å². The molecule has 1 aliphatic heterocycles. The second-order valence-electron chi connectivity index (χ2n) is 9.24. The maximum absolute atomic E-state index is 13.0. The van der Waals surface area contributed by atoms with E-state index in [9.17, 15) is 14.4 Å². The fraction of sp³-hybridized carbons (Fsp3) is 0.714. The summed E-state index contributed by atoms with van der Waals surface area (Å²) in [5, 5.41) is 6.28. The molecule has 2 amide bonds. The number of likely N-dealkylation sites (N-methyl/N-ethyl adjacent to an activating group) is 1. The van der Waals surface area contributed by atoms with Crippen LogP contribution < -0.4 is 10.6 Å². The summed E-state index contributed by atoms with van der Waals surface area (Å²) in [6, 6.07) is -0.776. The number of hydrogen-bond acceptors (Lipinski definition) is 8. The lowest BCUT2D eigenvalue weighted by Gasteiger charge is -2.36. The van der Waals surface area contributed by atoms with Crippen LogP contribution in [-0.4, -0.2) is 66.2 Å². The maximum atomic E-state index is 13.0. The number of nitrogens with zero attached hydrogens (tertiary/aromatic N) is 2. The first-order chi connectivity index (χ1) is 14.6. The number of carbonyl (C=O) groups is 3. The molecule has 1 aromatic heterocycles. The Morgan fingerprint density at radius 1 is 1.16 bits per heavy atom. The summed E-state index contributed by atoms with van der Waals surface area (Å²) in [4.78, 5) is 45.2. The number of carbonyl (C=O) groups excluding carboxylic acids is 3. The average molecular weight is 453 g/mol. The third-order valence-corrected chi connectivity index (χ3v) is 6.60. The normalized spacial score (nSPS) is 24.1. The smallest absolute Gasteiger partial charge is 0.407 e. The number of amides is 2. The molecule has 1 aromatic rings. The molecular formula is C21H32N4O5S. The van der Waals surface area contributed by atoms with Gasteiger partial charge in [0.05, 0.1) is 30.8 Å². The average Bonchev–Trinajstić information content (AvgIpc) is 3.10. The standard InChI is InChI=1S/C21H32N4O5S/c1-21(2,3)30-20(28)24-13-7-6-12(19(27)29-5)10-15(13)22-17(26)18-23-14-8-9-25(4)11-16(14)31-18/h12-13,15H,6-11H2,1-5H3,(H,22,26)(H,24,28)/t12-,13+,15-/m1/s1. The van der Waals surface area contributed by atoms with E-state index in [1.165, 1.54) is 18.4 Å². The molecule has 0 unspecified atom stereocenters. The highest BCUT2D eigenvalue weighted by Gasteiger charge is 2.37. The highest BCUT2D eigenvalue weighted by atomic mass is 32.1. The number of thiazole rings is 1. The monoisotopic (exact) mass is 452 g/mol. The molecule has 0 saturated heterocycles. The van der Waals surface area contributed by atoms with E-state index >= 15 is 0 Å². The molecule has 172 valence electrons. The molecule has 0 radical (unpaired) electrons. The van der Waals surface area contributed by atoms with Gasteiger partial charge in [0.2, 0.25) is 0 Å². The van der Waals surface area contributed by atoms with E-state index in [1.807, 2.05) is 7.05 Å². The Morgan fingerprint density at radius 2 is 1.90 bits per heavy atom. The van der Waals surface area contributed by atoms with Gasteiger partial charge in [-0.15, -0.1) is 11.3 Å². The van der Waals surface area contributed by atoms with E-state index in [0.717, 1.165) is 30.1 Å². The lowest BCUT2D eigenvalue weighted by atomic mass is 9.82. The van der Waals surface area contributed by atoms with Crippen molar-refractivity contribution >= 4 is 29.3 Å². The van der Waals surface area contributed by atoms with Gasteiger partial charge in [0.1, 0.15) is 5.60 Å². The first-order valence-corrected chi connectivity index (χ1v) is 11.4. The zero-order valence-electron chi connectivity index (χ0n) is 18.8. The van der Waals surface area contributed by atoms with Crippen molar-refractivity contribution in [1.82, 2.24) is 20.5 Å². The Labute approximate surface area is 186 Å². The molecule has 1 saturated carbocycles. The van der Waals surface area contributed by atoms with E-state index in [4.69, 9.17) is 9.47 Å². The van der Waals surface area contributed by atoms with Crippen molar-refractivity contribution in [1.29, 1.82) is 0 Å². The summed E-state index contributed by atoms with van der Waals surface area (Å²) in [5.74, 6) is -0.915. The van der Waals surface area contributed by atoms with Gasteiger partial charge in [0.15, 0.2) is 5.01 Å². The quantitative estimate of drug-likeness (QED) is 0.673. The van der Waals surface area contributed by atoms with Gasteiger partial charge < -0.3 is 25.0 Å². The van der Waals surface area contributed by atoms with Gasteiger partial charge in [-0.1, -0.05) is 0 Å². The van der Waals surface area contributed by atoms with Crippen LogP contribution in [0.3, 0.4) is 0 Å². The van der Waals surface area contributed by atoms with Crippen LogP contribution in [0.4, 0.5) is 4.79 Å². The van der Waals surface area contributed by atoms with E-state index in [-0.39, 0.29) is 23.8 Å². The number of hydrogen-bond donors (Lipinski definition) is 2. The van der Waals surface area contributed by atoms with E-state index in [2.05, 4.69) is 20.5 Å². The molecule has 0 bridgehead atoms. The van der Waals surface area contributed by atoms with E-state index in [1.54, 1.807) is 20.8 Å². The van der Waals surface area contributed by atoms with Crippen molar-refractivity contribution in [2.45, 2.75) is 70.7 Å². The lowest BCUT2D eigenvalue weighted by Crippen LogP contribution is -2.56. The molecule has 31 heavy (non-hydrogen) atoms. The number of ether oxygens (including phenoxy) is 2. The third kappa shape index (κ3) is 6.16. The van der Waals surface area contributed by atoms with Crippen molar-refractivity contribution in [3.63, 3.8) is 0 Å². The van der Waals surface area contributed by atoms with Crippen LogP contribution in [0.15, 0.2) is 0 Å². The number of nitrogens with one attached hydrogen (secondary N) is 2. The Kier molecular flexibility index (Phi) is 7.20. The number of rotatable bonds is 4. The molecule has 3 rings (SSSR count). The first kappa shape index (κ1) is 23.5. The van der Waals surface area contributed by atoms with Crippen LogP contribution in [0.2, 0.25) is 0 Å². The molecule has 3 atom stereocenters. The topological polar surface area (TPSA) is 110 Å². The zero-order chi connectivity index (χ0) is 22.8. The summed E-state index contributed by atoms with van der Waals surface area (Å²) >= 11 is 1.40. The Morgan fingerprint density at radius 3 is 2.58 bits per heavy atom. The predicted octanol–water partition coefficient (Wildman–Crippen LogP) is 2.10. The number of esters is 1. The maximum Gasteiger partial charge on any atom is 0.407 e. The molecular weight excluding hydrogens is 420 g/mol. The molecule has 2 heterocycles. The molecule has 10 heteroatoms. The van der Waals surface area contributed by atoms with Crippen molar-refractivity contribution in [3.05, 3.63) is 15.6 Å². The number of alkyl carbamates (subject to hydrolysis) is 1. The SMILES string of the molecule is COC(=O)[C@@H]1CC[C@H](NC(=O)OC(C)(C)C)[C@H](NC(=O)c2nc3c(s2)CN(C)CC3)C1. The summed E-state index contributed by atoms with van der Waals surface area (Å²) in [6.07, 6.45) is 1.76. The molecule has 1 aliphatic carbocycles. The van der Waals surface area contributed by atoms with Gasteiger partial charge in [-0.25, -0.2) is 9.78 Å². The number of methoxy groups -OCH3 is 1. The molecule has 0 spiro atoms. The highest BCUT2D eigenvalue weighted by Crippen LogP contribution is 2.28. The van der Waals surface area contributed by atoms with Gasteiger partial charge >= 0.3 is 12.1 Å². The number of aromatic nitrogens is 1. The minimum absolute atomic E-state index is 0.284. The summed E-state index contributed by atoms with van der Waals surface area (Å²) in [7, 11) is 3.41. The second-order valence-corrected chi connectivity index (χ2v) is 10.3. The molecule has 2 N–H and O–H groups in total. The Hall–Kier alpha value is -2.20. The lowest BCUT2D eigenvalue weighted by molar-refractivity contribution is -0.146. The largest absolute Gasteiger partial charge is 0.469 e. The van der Waals surface area contributed by atoms with Gasteiger partial charge in [-0.3, -0.25) is 9.59 Å². The zero-order valence-corrected chi connectivity index (χ0v) is 19.6. The van der Waals surface area contributed by atoms with Crippen molar-refractivity contribution in [3.8, 4) is 0 Å². The summed E-state index contributed by atoms with van der Waals surface area (Å²) in [6.45, 7) is 7.09. The molecule has 2 aliphatic rings. The van der Waals surface area contributed by atoms with Gasteiger partial charge in [0.25, 0.3) is 5.91 Å². The third-order valence-electron chi connectivity index (χ3n) is 5.52. The molecule has 1 fully saturated rings. The predicted molar refractivity (Wildman–Crippen MR) is 116 cm³/mol. The summed E-state index contributed by atoms with van der Waals surface area (Å²) < 4.78 is 10.3. The van der Waals surface area contributed by atoms with Crippen LogP contribution in [-0.2, 0) is 27.2 Å². The minimum atomic E-state index is -0.626. The fourth-order valence-electron chi connectivity index (χ4n) is 3.99. The van der Waals surface area contributed by atoms with E-state index in [0.29, 0.717) is 24.3 Å². The van der Waals surface area contributed by atoms with Gasteiger partial charge in [0, 0.05) is 24.4 Å². The van der Waals surface area contributed by atoms with Crippen LogP contribution in [0.5, 0.6) is 0 Å².